The van der Waals surface area contributed by atoms with Crippen LogP contribution in [0.15, 0.2) is 42.7 Å². The number of nitriles is 1. The number of aromatic nitrogens is 1. The summed E-state index contributed by atoms with van der Waals surface area (Å²) >= 11 is 5.96. The fourth-order valence-corrected chi connectivity index (χ4v) is 2.06. The molecule has 2 rings (SSSR count). The Labute approximate surface area is 126 Å². The SMILES string of the molecule is N#CCCN(C(=O)c1ccncc1Cl)c1ccccc1F. The molecule has 6 heteroatoms. The summed E-state index contributed by atoms with van der Waals surface area (Å²) in [6.07, 6.45) is 2.87. The molecule has 0 atom stereocenters. The van der Waals surface area contributed by atoms with E-state index >= 15 is 0 Å². The molecule has 21 heavy (non-hydrogen) atoms. The van der Waals surface area contributed by atoms with E-state index in [-0.39, 0.29) is 29.2 Å². The zero-order valence-corrected chi connectivity index (χ0v) is 11.7. The van der Waals surface area contributed by atoms with Crippen molar-refractivity contribution in [1.82, 2.24) is 4.98 Å². The summed E-state index contributed by atoms with van der Waals surface area (Å²) in [6, 6.07) is 9.31. The lowest BCUT2D eigenvalue weighted by atomic mass is 10.2. The minimum Gasteiger partial charge on any atom is -0.304 e. The molecule has 0 aliphatic heterocycles. The molecule has 106 valence electrons. The molecule has 0 radical (unpaired) electrons. The standard InChI is InChI=1S/C15H11ClFN3O/c16-12-10-19-8-6-11(12)15(21)20(9-3-7-18)14-5-2-1-4-13(14)17/h1-2,4-6,8,10H,3,9H2. The van der Waals surface area contributed by atoms with Crippen molar-refractivity contribution in [3.8, 4) is 6.07 Å². The van der Waals surface area contributed by atoms with E-state index in [0.717, 1.165) is 0 Å². The normalized spacial score (nSPS) is 9.95. The van der Waals surface area contributed by atoms with Crippen molar-refractivity contribution in [2.24, 2.45) is 0 Å². The van der Waals surface area contributed by atoms with Gasteiger partial charge in [-0.05, 0) is 18.2 Å². The molecule has 0 saturated carbocycles. The van der Waals surface area contributed by atoms with Crippen LogP contribution in [0.25, 0.3) is 0 Å². The number of rotatable bonds is 4. The number of carbonyl (C=O) groups excluding carboxylic acids is 1. The highest BCUT2D eigenvalue weighted by Crippen LogP contribution is 2.23. The number of pyridine rings is 1. The topological polar surface area (TPSA) is 57.0 Å². The van der Waals surface area contributed by atoms with Gasteiger partial charge in [-0.1, -0.05) is 23.7 Å². The fraction of sp³-hybridized carbons (Fsp3) is 0.133. The van der Waals surface area contributed by atoms with Crippen LogP contribution in [0.5, 0.6) is 0 Å². The van der Waals surface area contributed by atoms with Crippen LogP contribution in [0, 0.1) is 17.1 Å². The third-order valence-corrected chi connectivity index (χ3v) is 3.14. The maximum Gasteiger partial charge on any atom is 0.260 e. The minimum absolute atomic E-state index is 0.0783. The Morgan fingerprint density at radius 1 is 1.38 bits per heavy atom. The van der Waals surface area contributed by atoms with E-state index in [2.05, 4.69) is 4.98 Å². The smallest absolute Gasteiger partial charge is 0.260 e. The van der Waals surface area contributed by atoms with Gasteiger partial charge in [0.2, 0.25) is 0 Å². The Balaban J connectivity index is 2.42. The van der Waals surface area contributed by atoms with E-state index in [9.17, 15) is 9.18 Å². The summed E-state index contributed by atoms with van der Waals surface area (Å²) < 4.78 is 13.9. The summed E-state index contributed by atoms with van der Waals surface area (Å²) in [4.78, 5) is 17.6. The molecule has 2 aromatic rings. The predicted octanol–water partition coefficient (Wildman–Crippen LogP) is 3.43. The van der Waals surface area contributed by atoms with Gasteiger partial charge in [-0.25, -0.2) is 4.39 Å². The number of amides is 1. The molecule has 4 nitrogen and oxygen atoms in total. The Morgan fingerprint density at radius 2 is 2.14 bits per heavy atom. The second kappa shape index (κ2) is 6.82. The lowest BCUT2D eigenvalue weighted by Crippen LogP contribution is -2.32. The average molecular weight is 304 g/mol. The number of para-hydroxylation sites is 1. The number of anilines is 1. The quantitative estimate of drug-likeness (QED) is 0.869. The van der Waals surface area contributed by atoms with Gasteiger partial charge >= 0.3 is 0 Å². The van der Waals surface area contributed by atoms with Crippen LogP contribution in [0.3, 0.4) is 0 Å². The van der Waals surface area contributed by atoms with Gasteiger partial charge < -0.3 is 4.90 Å². The molecule has 1 amide bonds. The molecule has 0 unspecified atom stereocenters. The summed E-state index contributed by atoms with van der Waals surface area (Å²) in [5, 5.41) is 8.90. The molecular formula is C15H11ClFN3O. The Morgan fingerprint density at radius 3 is 2.81 bits per heavy atom. The second-order valence-electron chi connectivity index (χ2n) is 4.17. The van der Waals surface area contributed by atoms with Crippen molar-refractivity contribution >= 4 is 23.2 Å². The van der Waals surface area contributed by atoms with E-state index in [0.29, 0.717) is 0 Å². The maximum absolute atomic E-state index is 13.9. The number of hydrogen-bond donors (Lipinski definition) is 0. The highest BCUT2D eigenvalue weighted by atomic mass is 35.5. The third kappa shape index (κ3) is 3.36. The zero-order valence-electron chi connectivity index (χ0n) is 11.0. The first-order chi connectivity index (χ1) is 10.1. The van der Waals surface area contributed by atoms with Crippen molar-refractivity contribution in [3.63, 3.8) is 0 Å². The van der Waals surface area contributed by atoms with E-state index < -0.39 is 11.7 Å². The van der Waals surface area contributed by atoms with Crippen LogP contribution in [-0.2, 0) is 0 Å². The van der Waals surface area contributed by atoms with Gasteiger partial charge in [0.1, 0.15) is 5.82 Å². The van der Waals surface area contributed by atoms with Gasteiger partial charge in [0.25, 0.3) is 5.91 Å². The van der Waals surface area contributed by atoms with Crippen molar-refractivity contribution in [3.05, 3.63) is 59.1 Å². The molecule has 1 heterocycles. The van der Waals surface area contributed by atoms with Crippen molar-refractivity contribution < 1.29 is 9.18 Å². The molecule has 0 aliphatic carbocycles. The fourth-order valence-electron chi connectivity index (χ4n) is 1.86. The van der Waals surface area contributed by atoms with Crippen LogP contribution in [0.2, 0.25) is 5.02 Å². The molecule has 0 fully saturated rings. The number of carbonyl (C=O) groups is 1. The number of halogens is 2. The number of nitrogens with zero attached hydrogens (tertiary/aromatic N) is 3. The predicted molar refractivity (Wildman–Crippen MR) is 77.6 cm³/mol. The highest BCUT2D eigenvalue weighted by Gasteiger charge is 2.22. The third-order valence-electron chi connectivity index (χ3n) is 2.84. The zero-order chi connectivity index (χ0) is 15.2. The molecule has 0 bridgehead atoms. The molecule has 1 aromatic carbocycles. The van der Waals surface area contributed by atoms with Gasteiger partial charge in [0.05, 0.1) is 28.8 Å². The summed E-state index contributed by atoms with van der Waals surface area (Å²) in [7, 11) is 0. The van der Waals surface area contributed by atoms with E-state index in [1.54, 1.807) is 6.07 Å². The first-order valence-corrected chi connectivity index (χ1v) is 6.56. The number of benzene rings is 1. The highest BCUT2D eigenvalue weighted by molar-refractivity contribution is 6.34. The van der Waals surface area contributed by atoms with E-state index in [4.69, 9.17) is 16.9 Å². The van der Waals surface area contributed by atoms with Gasteiger partial charge in [-0.15, -0.1) is 0 Å². The van der Waals surface area contributed by atoms with Gasteiger partial charge in [0.15, 0.2) is 0 Å². The first kappa shape index (κ1) is 14.9. The summed E-state index contributed by atoms with van der Waals surface area (Å²) in [5.41, 5.74) is 0.332. The van der Waals surface area contributed by atoms with Crippen LogP contribution in [0.1, 0.15) is 16.8 Å². The second-order valence-corrected chi connectivity index (χ2v) is 4.58. The Bertz CT molecular complexity index is 699. The van der Waals surface area contributed by atoms with Gasteiger partial charge in [-0.2, -0.15) is 5.26 Å². The van der Waals surface area contributed by atoms with Crippen molar-refractivity contribution in [2.45, 2.75) is 6.42 Å². The summed E-state index contributed by atoms with van der Waals surface area (Å²) in [5.74, 6) is -1.00. The lowest BCUT2D eigenvalue weighted by Gasteiger charge is -2.22. The van der Waals surface area contributed by atoms with Crippen molar-refractivity contribution in [2.75, 3.05) is 11.4 Å². The molecule has 0 saturated heterocycles. The monoisotopic (exact) mass is 303 g/mol. The maximum atomic E-state index is 13.9. The number of hydrogen-bond acceptors (Lipinski definition) is 3. The van der Waals surface area contributed by atoms with E-state index in [1.165, 1.54) is 41.6 Å². The molecule has 0 spiro atoms. The molecule has 0 aliphatic rings. The lowest BCUT2D eigenvalue weighted by molar-refractivity contribution is 0.0986. The van der Waals surface area contributed by atoms with Crippen LogP contribution in [0.4, 0.5) is 10.1 Å². The largest absolute Gasteiger partial charge is 0.304 e. The molecule has 1 aromatic heterocycles. The Kier molecular flexibility index (Phi) is 4.85. The van der Waals surface area contributed by atoms with Crippen LogP contribution in [-0.4, -0.2) is 17.4 Å². The van der Waals surface area contributed by atoms with Crippen LogP contribution < -0.4 is 4.90 Å². The van der Waals surface area contributed by atoms with Crippen LogP contribution >= 0.6 is 11.6 Å². The molecular weight excluding hydrogens is 293 g/mol. The van der Waals surface area contributed by atoms with Gasteiger partial charge in [0, 0.05) is 18.9 Å². The van der Waals surface area contributed by atoms with Gasteiger partial charge in [-0.3, -0.25) is 9.78 Å². The minimum atomic E-state index is -0.533. The molecule has 0 N–H and O–H groups in total. The Hall–Kier alpha value is -2.45. The van der Waals surface area contributed by atoms with E-state index in [1.807, 2.05) is 6.07 Å². The van der Waals surface area contributed by atoms with Crippen molar-refractivity contribution in [1.29, 1.82) is 5.26 Å². The average Bonchev–Trinajstić information content (AvgIpc) is 2.49. The first-order valence-electron chi connectivity index (χ1n) is 6.18. The summed E-state index contributed by atoms with van der Waals surface area (Å²) in [6.45, 7) is 0.0783.